The average Bonchev–Trinajstić information content (AvgIpc) is 1.96. The van der Waals surface area contributed by atoms with Gasteiger partial charge in [-0.05, 0) is 6.92 Å². The molecule has 0 atom stereocenters. The van der Waals surface area contributed by atoms with Crippen LogP contribution in [0.3, 0.4) is 0 Å². The van der Waals surface area contributed by atoms with Crippen LogP contribution in [0.25, 0.3) is 5.73 Å². The van der Waals surface area contributed by atoms with Crippen LogP contribution < -0.4 is 5.43 Å². The van der Waals surface area contributed by atoms with E-state index in [2.05, 4.69) is 5.10 Å². The minimum absolute atomic E-state index is 0. The molecule has 0 aliphatic carbocycles. The molecule has 0 heterocycles. The average molecular weight is 237 g/mol. The molecule has 0 saturated carbocycles. The van der Waals surface area contributed by atoms with Crippen LogP contribution in [-0.4, -0.2) is 35.0 Å². The van der Waals surface area contributed by atoms with Crippen LogP contribution in [0.1, 0.15) is 6.92 Å². The molecule has 0 aliphatic heterocycles. The molecule has 0 saturated heterocycles. The quantitative estimate of drug-likeness (QED) is 0.326. The Morgan fingerprint density at radius 3 is 2.54 bits per heavy atom. The molecule has 3 amide bonds. The van der Waals surface area contributed by atoms with Crippen LogP contribution in [0.2, 0.25) is 0 Å². The molecule has 0 bridgehead atoms. The van der Waals surface area contributed by atoms with Crippen molar-refractivity contribution in [2.24, 2.45) is 5.10 Å². The van der Waals surface area contributed by atoms with E-state index in [9.17, 15) is 9.59 Å². The predicted octanol–water partition coefficient (Wildman–Crippen LogP) is 0.689. The molecule has 0 rings (SSSR count). The summed E-state index contributed by atoms with van der Waals surface area (Å²) in [5, 5.41) is 11.6. The van der Waals surface area contributed by atoms with Crippen molar-refractivity contribution in [2.75, 3.05) is 6.54 Å². The minimum atomic E-state index is -1.17. The van der Waals surface area contributed by atoms with Gasteiger partial charge < -0.3 is 16.3 Å². The molecule has 0 radical (unpaired) electrons. The first-order chi connectivity index (χ1) is 5.57. The van der Waals surface area contributed by atoms with E-state index in [0.29, 0.717) is 0 Å². The number of nitrogens with zero attached hydrogens (tertiary/aromatic N) is 2. The number of hydrogen-bond acceptors (Lipinski definition) is 3. The summed E-state index contributed by atoms with van der Waals surface area (Å²) in [6.45, 7) is 1.84. The maximum Gasteiger partial charge on any atom is 1.00 e. The van der Waals surface area contributed by atoms with E-state index in [0.717, 1.165) is 11.2 Å². The Kier molecular flexibility index (Phi) is 8.10. The van der Waals surface area contributed by atoms with Crippen LogP contribution in [0, 0.1) is 0 Å². The topological polar surface area (TPSA) is 106 Å². The Labute approximate surface area is 85.4 Å². The largest absolute Gasteiger partial charge is 1.00 e. The number of carboxylic acid groups (broad SMARTS) is 1. The summed E-state index contributed by atoms with van der Waals surface area (Å²) in [5.41, 5.74) is 8.11. The van der Waals surface area contributed by atoms with E-state index in [1.165, 1.54) is 0 Å². The fourth-order valence-electron chi connectivity index (χ4n) is 0.423. The molecule has 0 aromatic rings. The maximum atomic E-state index is 10.3. The van der Waals surface area contributed by atoms with Gasteiger partial charge in [0.25, 0.3) is 0 Å². The van der Waals surface area contributed by atoms with E-state index < -0.39 is 12.1 Å². The zero-order valence-corrected chi connectivity index (χ0v) is 7.69. The Morgan fingerprint density at radius 1 is 1.69 bits per heavy atom. The zero-order valence-electron chi connectivity index (χ0n) is 6.74. The van der Waals surface area contributed by atoms with Crippen LogP contribution in [0.4, 0.5) is 9.59 Å². The predicted molar refractivity (Wildman–Crippen MR) is 41.8 cm³/mol. The van der Waals surface area contributed by atoms with Gasteiger partial charge in [0.2, 0.25) is 0 Å². The third-order valence-electron chi connectivity index (χ3n) is 0.950. The molecule has 13 heavy (non-hydrogen) atoms. The Balaban J connectivity index is 0. The Bertz CT molecular complexity index is 208. The van der Waals surface area contributed by atoms with Crippen LogP contribution >= 0.6 is 0 Å². The van der Waals surface area contributed by atoms with Gasteiger partial charge in [0.15, 0.2) is 6.03 Å². The van der Waals surface area contributed by atoms with E-state index in [-0.39, 0.29) is 23.6 Å². The van der Waals surface area contributed by atoms with Gasteiger partial charge in [-0.25, -0.2) is 9.90 Å². The van der Waals surface area contributed by atoms with Gasteiger partial charge in [0, 0.05) is 6.54 Å². The van der Waals surface area contributed by atoms with Crippen molar-refractivity contribution >= 4 is 18.5 Å². The third kappa shape index (κ3) is 7.10. The Morgan fingerprint density at radius 2 is 2.23 bits per heavy atom. The standard InChI is InChI=1S/C5H10N4O3.Cu/c1-2-9(5(11)12)3-7-8-4(6)10;/h3H,2H2,1H3,(H4,6,8,10,11,12);/q;+1/p-1/b7-3+;. The van der Waals surface area contributed by atoms with Crippen molar-refractivity contribution < 1.29 is 31.8 Å². The number of nitrogens with one attached hydrogen (secondary N) is 2. The second kappa shape index (κ2) is 7.38. The SMILES string of the molecule is CCN(/C=N/NC([NH-])=O)C(=O)O.[Cu+]. The minimum Gasteiger partial charge on any atom is -0.465 e. The van der Waals surface area contributed by atoms with Crippen LogP contribution in [-0.2, 0) is 17.1 Å². The first-order valence-electron chi connectivity index (χ1n) is 3.12. The zero-order chi connectivity index (χ0) is 9.56. The summed E-state index contributed by atoms with van der Waals surface area (Å²) in [6, 6.07) is -1.09. The molecule has 0 aromatic heterocycles. The number of urea groups is 1. The van der Waals surface area contributed by atoms with Crippen LogP contribution in [0.5, 0.6) is 0 Å². The van der Waals surface area contributed by atoms with Crippen molar-refractivity contribution in [3.63, 3.8) is 0 Å². The van der Waals surface area contributed by atoms with Crippen molar-refractivity contribution in [1.29, 1.82) is 0 Å². The maximum absolute atomic E-state index is 10.3. The van der Waals surface area contributed by atoms with E-state index >= 15 is 0 Å². The van der Waals surface area contributed by atoms with E-state index in [1.807, 2.05) is 0 Å². The Hall–Kier alpha value is -1.27. The van der Waals surface area contributed by atoms with Gasteiger partial charge in [0.1, 0.15) is 0 Å². The number of carbonyl (C=O) groups excluding carboxylic acids is 1. The fraction of sp³-hybridized carbons (Fsp3) is 0.400. The van der Waals surface area contributed by atoms with Crippen molar-refractivity contribution in [3.05, 3.63) is 5.73 Å². The van der Waals surface area contributed by atoms with E-state index in [1.54, 1.807) is 12.3 Å². The summed E-state index contributed by atoms with van der Waals surface area (Å²) in [7, 11) is 0. The summed E-state index contributed by atoms with van der Waals surface area (Å²) in [6.07, 6.45) is -0.241. The molecule has 7 nitrogen and oxygen atoms in total. The number of amides is 3. The van der Waals surface area contributed by atoms with Gasteiger partial charge in [-0.2, -0.15) is 0 Å². The molecular formula is C5H9CuN4O3. The number of carbonyl (C=O) groups is 2. The molecule has 0 spiro atoms. The van der Waals surface area contributed by atoms with Crippen molar-refractivity contribution in [3.8, 4) is 0 Å². The normalized spacial score (nSPS) is 9.00. The van der Waals surface area contributed by atoms with Gasteiger partial charge in [-0.3, -0.25) is 9.69 Å². The number of hydrogen-bond donors (Lipinski definition) is 2. The fourth-order valence-corrected chi connectivity index (χ4v) is 0.423. The summed E-state index contributed by atoms with van der Waals surface area (Å²) < 4.78 is 0. The van der Waals surface area contributed by atoms with Gasteiger partial charge in [-0.1, -0.05) is 0 Å². The molecule has 0 unspecified atom stereocenters. The number of hydrazone groups is 1. The summed E-state index contributed by atoms with van der Waals surface area (Å²) in [4.78, 5) is 21.1. The van der Waals surface area contributed by atoms with Gasteiger partial charge in [-0.15, -0.1) is 0 Å². The van der Waals surface area contributed by atoms with Crippen molar-refractivity contribution in [1.82, 2.24) is 10.3 Å². The van der Waals surface area contributed by atoms with Crippen molar-refractivity contribution in [2.45, 2.75) is 6.92 Å². The second-order valence-corrected chi connectivity index (χ2v) is 1.75. The van der Waals surface area contributed by atoms with Crippen LogP contribution in [0.15, 0.2) is 5.10 Å². The monoisotopic (exact) mass is 236 g/mol. The second-order valence-electron chi connectivity index (χ2n) is 1.75. The molecule has 8 heteroatoms. The molecular weight excluding hydrogens is 228 g/mol. The first kappa shape index (κ1) is 14.3. The summed E-state index contributed by atoms with van der Waals surface area (Å²) in [5.74, 6) is 0. The molecule has 0 fully saturated rings. The van der Waals surface area contributed by atoms with Gasteiger partial charge >= 0.3 is 23.2 Å². The molecule has 3 N–H and O–H groups in total. The molecule has 78 valence electrons. The smallest absolute Gasteiger partial charge is 0.465 e. The van der Waals surface area contributed by atoms with E-state index in [4.69, 9.17) is 10.8 Å². The summed E-state index contributed by atoms with van der Waals surface area (Å²) >= 11 is 0. The molecule has 0 aliphatic rings. The number of rotatable bonds is 3. The molecule has 0 aromatic carbocycles. The third-order valence-corrected chi connectivity index (χ3v) is 0.950. The van der Waals surface area contributed by atoms with Gasteiger partial charge in [0.05, 0.1) is 6.34 Å². The first-order valence-corrected chi connectivity index (χ1v) is 3.12.